The minimum atomic E-state index is -0.643. The summed E-state index contributed by atoms with van der Waals surface area (Å²) in [6, 6.07) is 5.08. The predicted octanol–water partition coefficient (Wildman–Crippen LogP) is 0.363. The van der Waals surface area contributed by atoms with E-state index in [9.17, 15) is 14.4 Å². The first-order chi connectivity index (χ1) is 13.0. The van der Waals surface area contributed by atoms with Crippen LogP contribution in [-0.2, 0) is 23.9 Å². The molecule has 2 rings (SSSR count). The van der Waals surface area contributed by atoms with Gasteiger partial charge in [-0.1, -0.05) is 0 Å². The third-order valence-corrected chi connectivity index (χ3v) is 4.11. The van der Waals surface area contributed by atoms with E-state index in [2.05, 4.69) is 5.32 Å². The molecular weight excluding hydrogens is 356 g/mol. The van der Waals surface area contributed by atoms with Crippen LogP contribution in [0.25, 0.3) is 0 Å². The van der Waals surface area contributed by atoms with Crippen LogP contribution in [-0.4, -0.2) is 65.4 Å². The van der Waals surface area contributed by atoms with Gasteiger partial charge in [0.2, 0.25) is 5.91 Å². The third-order valence-electron chi connectivity index (χ3n) is 4.11. The molecule has 1 N–H and O–H groups in total. The second-order valence-electron chi connectivity index (χ2n) is 5.89. The molecule has 0 bridgehead atoms. The van der Waals surface area contributed by atoms with E-state index in [4.69, 9.17) is 18.9 Å². The molecule has 2 amide bonds. The number of amides is 2. The van der Waals surface area contributed by atoms with E-state index in [0.29, 0.717) is 30.3 Å². The van der Waals surface area contributed by atoms with Gasteiger partial charge in [-0.05, 0) is 12.1 Å². The Labute approximate surface area is 157 Å². The van der Waals surface area contributed by atoms with E-state index in [-0.39, 0.29) is 25.5 Å². The first-order valence-corrected chi connectivity index (χ1v) is 8.44. The second kappa shape index (κ2) is 9.77. The number of carbonyl (C=O) groups is 3. The van der Waals surface area contributed by atoms with Crippen LogP contribution in [0.1, 0.15) is 6.42 Å². The average molecular weight is 380 g/mol. The molecule has 1 atom stereocenters. The summed E-state index contributed by atoms with van der Waals surface area (Å²) in [6.07, 6.45) is 0.0132. The quantitative estimate of drug-likeness (QED) is 0.487. The summed E-state index contributed by atoms with van der Waals surface area (Å²) in [4.78, 5) is 37.6. The number of benzene rings is 1. The van der Waals surface area contributed by atoms with Gasteiger partial charge in [-0.3, -0.25) is 14.4 Å². The zero-order valence-corrected chi connectivity index (χ0v) is 15.6. The molecule has 1 saturated heterocycles. The molecule has 1 aromatic carbocycles. The summed E-state index contributed by atoms with van der Waals surface area (Å²) in [5.74, 6) is -0.799. The van der Waals surface area contributed by atoms with Crippen molar-refractivity contribution in [2.45, 2.75) is 6.42 Å². The molecule has 148 valence electrons. The monoisotopic (exact) mass is 380 g/mol. The van der Waals surface area contributed by atoms with Crippen molar-refractivity contribution < 1.29 is 33.3 Å². The van der Waals surface area contributed by atoms with Crippen molar-refractivity contribution in [2.75, 3.05) is 52.5 Å². The Bertz CT molecular complexity index is 692. The van der Waals surface area contributed by atoms with E-state index >= 15 is 0 Å². The molecule has 9 heteroatoms. The van der Waals surface area contributed by atoms with E-state index < -0.39 is 17.8 Å². The molecule has 1 aliphatic rings. The maximum absolute atomic E-state index is 12.4. The minimum Gasteiger partial charge on any atom is -0.497 e. The molecule has 1 aliphatic heterocycles. The maximum Gasteiger partial charge on any atom is 0.311 e. The van der Waals surface area contributed by atoms with Crippen molar-refractivity contribution in [3.05, 3.63) is 18.2 Å². The van der Waals surface area contributed by atoms with Crippen molar-refractivity contribution in [1.82, 2.24) is 5.32 Å². The highest BCUT2D eigenvalue weighted by molar-refractivity contribution is 6.00. The molecule has 0 radical (unpaired) electrons. The topological polar surface area (TPSA) is 103 Å². The number of ether oxygens (including phenoxy) is 4. The van der Waals surface area contributed by atoms with Crippen molar-refractivity contribution in [3.8, 4) is 11.5 Å². The molecule has 0 saturated carbocycles. The van der Waals surface area contributed by atoms with Crippen LogP contribution >= 0.6 is 0 Å². The molecule has 0 aromatic heterocycles. The molecule has 1 aromatic rings. The number of esters is 1. The molecular formula is C18H24N2O7. The lowest BCUT2D eigenvalue weighted by molar-refractivity contribution is -0.152. The zero-order valence-electron chi connectivity index (χ0n) is 15.6. The molecule has 9 nitrogen and oxygen atoms in total. The van der Waals surface area contributed by atoms with Gasteiger partial charge in [0.1, 0.15) is 11.5 Å². The Kier molecular flexibility index (Phi) is 7.42. The Hall–Kier alpha value is -2.81. The summed E-state index contributed by atoms with van der Waals surface area (Å²) in [5.41, 5.74) is 0.552. The lowest BCUT2D eigenvalue weighted by Crippen LogP contribution is -2.33. The molecule has 27 heavy (non-hydrogen) atoms. The fourth-order valence-corrected chi connectivity index (χ4v) is 2.70. The number of hydrogen-bond donors (Lipinski definition) is 1. The average Bonchev–Trinajstić information content (AvgIpc) is 3.07. The van der Waals surface area contributed by atoms with E-state index in [1.54, 1.807) is 18.2 Å². The Balaban J connectivity index is 1.95. The van der Waals surface area contributed by atoms with Crippen LogP contribution in [0.4, 0.5) is 5.69 Å². The highest BCUT2D eigenvalue weighted by atomic mass is 16.5. The first-order valence-electron chi connectivity index (χ1n) is 8.44. The molecule has 1 fully saturated rings. The standard InChI is InChI=1S/C18H24N2O7/c1-24-7-6-19-16(21)11-27-18(23)12-8-17(22)20(10-12)14-5-4-13(25-2)9-15(14)26-3/h4-5,9,12H,6-8,10-11H2,1-3H3,(H,19,21)/t12-/m1/s1. The first kappa shape index (κ1) is 20.5. The normalized spacial score (nSPS) is 16.2. The van der Waals surface area contributed by atoms with Crippen LogP contribution in [0.3, 0.4) is 0 Å². The van der Waals surface area contributed by atoms with Crippen molar-refractivity contribution in [3.63, 3.8) is 0 Å². The van der Waals surface area contributed by atoms with Crippen molar-refractivity contribution in [2.24, 2.45) is 5.92 Å². The van der Waals surface area contributed by atoms with Crippen LogP contribution < -0.4 is 19.7 Å². The minimum absolute atomic E-state index is 0.0132. The van der Waals surface area contributed by atoms with E-state index in [1.165, 1.54) is 26.2 Å². The molecule has 0 aliphatic carbocycles. The fraction of sp³-hybridized carbons (Fsp3) is 0.500. The van der Waals surface area contributed by atoms with Gasteiger partial charge in [0.15, 0.2) is 6.61 Å². The largest absolute Gasteiger partial charge is 0.497 e. The lowest BCUT2D eigenvalue weighted by atomic mass is 10.1. The summed E-state index contributed by atoms with van der Waals surface area (Å²) in [7, 11) is 4.55. The number of nitrogens with one attached hydrogen (secondary N) is 1. The Morgan fingerprint density at radius 3 is 2.67 bits per heavy atom. The van der Waals surface area contributed by atoms with Crippen molar-refractivity contribution >= 4 is 23.5 Å². The SMILES string of the molecule is COCCNC(=O)COC(=O)[C@@H]1CC(=O)N(c2ccc(OC)cc2OC)C1. The van der Waals surface area contributed by atoms with Gasteiger partial charge in [0.25, 0.3) is 5.91 Å². The smallest absolute Gasteiger partial charge is 0.311 e. The third kappa shape index (κ3) is 5.33. The number of hydrogen-bond acceptors (Lipinski definition) is 7. The van der Waals surface area contributed by atoms with Crippen LogP contribution in [0.2, 0.25) is 0 Å². The second-order valence-corrected chi connectivity index (χ2v) is 5.89. The summed E-state index contributed by atoms with van der Waals surface area (Å²) < 4.78 is 20.3. The number of anilines is 1. The van der Waals surface area contributed by atoms with Gasteiger partial charge in [0.05, 0.1) is 32.4 Å². The molecule has 0 spiro atoms. The van der Waals surface area contributed by atoms with Gasteiger partial charge in [-0.25, -0.2) is 0 Å². The summed E-state index contributed by atoms with van der Waals surface area (Å²) >= 11 is 0. The van der Waals surface area contributed by atoms with E-state index in [0.717, 1.165) is 0 Å². The van der Waals surface area contributed by atoms with Gasteiger partial charge < -0.3 is 29.2 Å². The van der Waals surface area contributed by atoms with Crippen LogP contribution in [0, 0.1) is 5.92 Å². The molecule has 1 heterocycles. The number of methoxy groups -OCH3 is 3. The highest BCUT2D eigenvalue weighted by Gasteiger charge is 2.37. The summed E-state index contributed by atoms with van der Waals surface area (Å²) in [6.45, 7) is 0.472. The summed E-state index contributed by atoms with van der Waals surface area (Å²) in [5, 5.41) is 2.55. The zero-order chi connectivity index (χ0) is 19.8. The predicted molar refractivity (Wildman–Crippen MR) is 95.9 cm³/mol. The van der Waals surface area contributed by atoms with Gasteiger partial charge >= 0.3 is 5.97 Å². The number of nitrogens with zero attached hydrogens (tertiary/aromatic N) is 1. The Morgan fingerprint density at radius 2 is 2.00 bits per heavy atom. The number of rotatable bonds is 9. The van der Waals surface area contributed by atoms with Gasteiger partial charge in [0, 0.05) is 32.7 Å². The van der Waals surface area contributed by atoms with Crippen LogP contribution in [0.15, 0.2) is 18.2 Å². The molecule has 0 unspecified atom stereocenters. The fourth-order valence-electron chi connectivity index (χ4n) is 2.70. The highest BCUT2D eigenvalue weighted by Crippen LogP contribution is 2.35. The Morgan fingerprint density at radius 1 is 1.22 bits per heavy atom. The number of carbonyl (C=O) groups excluding carboxylic acids is 3. The lowest BCUT2D eigenvalue weighted by Gasteiger charge is -2.20. The van der Waals surface area contributed by atoms with E-state index in [1.807, 2.05) is 0 Å². The van der Waals surface area contributed by atoms with Crippen molar-refractivity contribution in [1.29, 1.82) is 0 Å². The maximum atomic E-state index is 12.4. The van der Waals surface area contributed by atoms with Crippen LogP contribution in [0.5, 0.6) is 11.5 Å². The van der Waals surface area contributed by atoms with Gasteiger partial charge in [-0.2, -0.15) is 0 Å². The van der Waals surface area contributed by atoms with Gasteiger partial charge in [-0.15, -0.1) is 0 Å².